The summed E-state index contributed by atoms with van der Waals surface area (Å²) in [7, 11) is 3.44. The third kappa shape index (κ3) is 22.5. The van der Waals surface area contributed by atoms with Gasteiger partial charge in [-0.15, -0.1) is 49.6 Å². The maximum Gasteiger partial charge on any atom is 0.119 e. The molecule has 0 heterocycles. The first-order valence-corrected chi connectivity index (χ1v) is 17.9. The topological polar surface area (TPSA) is 145 Å². The van der Waals surface area contributed by atoms with Crippen LogP contribution >= 0.6 is 72.8 Å². The molecule has 0 radical (unpaired) electrons. The fourth-order valence-electron chi connectivity index (χ4n) is 5.35. The summed E-state index contributed by atoms with van der Waals surface area (Å²) in [6.07, 6.45) is 1.83. The molecule has 15 heteroatoms. The smallest absolute Gasteiger partial charge is 0.119 e. The number of halogens is 6. The van der Waals surface area contributed by atoms with Gasteiger partial charge in [-0.2, -0.15) is 0 Å². The number of hydrogen-bond acceptors (Lipinski definition) is 8. The summed E-state index contributed by atoms with van der Waals surface area (Å²) in [4.78, 5) is 0. The second-order valence-electron chi connectivity index (χ2n) is 12.1. The van der Waals surface area contributed by atoms with Crippen molar-refractivity contribution >= 4 is 72.8 Å². The zero-order valence-corrected chi connectivity index (χ0v) is 36.7. The molecule has 0 spiro atoms. The van der Waals surface area contributed by atoms with Crippen molar-refractivity contribution in [2.24, 2.45) is 11.5 Å². The Kier molecular flexibility index (Phi) is 34.3. The van der Waals surface area contributed by atoms with Crippen LogP contribution in [0.4, 0.5) is 0 Å². The quantitative estimate of drug-likeness (QED) is 0.0699. The van der Waals surface area contributed by atoms with Gasteiger partial charge in [0.15, 0.2) is 0 Å². The van der Waals surface area contributed by atoms with Crippen molar-refractivity contribution in [3.05, 3.63) is 129 Å². The first-order valence-electron chi connectivity index (χ1n) is 17.1. The molecule has 0 fully saturated rings. The van der Waals surface area contributed by atoms with Crippen LogP contribution in [0, 0.1) is 0 Å². The third-order valence-corrected chi connectivity index (χ3v) is 8.49. The minimum absolute atomic E-state index is 0. The minimum atomic E-state index is -0.0202. The van der Waals surface area contributed by atoms with E-state index in [2.05, 4.69) is 48.7 Å². The Hall–Kier alpha value is -2.06. The molecule has 9 nitrogen and oxygen atoms in total. The SMILES string of the molecule is COC(CNC(C)Cc1ccc(OCCN)cc1)c1cccc(Cl)c1.COC(CNC(C)Cc1ccc(OCCN)cc1)c1cccc(Cl)c1.Cl.Cl.Cl.Cl.O. The van der Waals surface area contributed by atoms with Gasteiger partial charge in [0, 0.05) is 62.5 Å². The second kappa shape index (κ2) is 33.0. The molecule has 312 valence electrons. The van der Waals surface area contributed by atoms with Gasteiger partial charge >= 0.3 is 0 Å². The van der Waals surface area contributed by atoms with Gasteiger partial charge in [-0.3, -0.25) is 0 Å². The van der Waals surface area contributed by atoms with Crippen LogP contribution in [-0.4, -0.2) is 71.2 Å². The molecule has 0 aliphatic heterocycles. The molecule has 0 bridgehead atoms. The van der Waals surface area contributed by atoms with Gasteiger partial charge < -0.3 is 46.5 Å². The van der Waals surface area contributed by atoms with Gasteiger partial charge in [0.05, 0.1) is 12.2 Å². The zero-order valence-electron chi connectivity index (χ0n) is 31.9. The number of rotatable bonds is 20. The Morgan fingerprint density at radius 1 is 0.564 bits per heavy atom. The Balaban J connectivity index is -0.000000901. The molecule has 0 aliphatic rings. The minimum Gasteiger partial charge on any atom is -0.492 e. The van der Waals surface area contributed by atoms with Crippen molar-refractivity contribution in [2.45, 2.75) is 51.0 Å². The molecular weight excluding hydrogens is 829 g/mol. The lowest BCUT2D eigenvalue weighted by atomic mass is 10.1. The summed E-state index contributed by atoms with van der Waals surface area (Å²) in [6, 6.07) is 32.6. The average molecular weight is 890 g/mol. The Morgan fingerprint density at radius 3 is 1.20 bits per heavy atom. The maximum absolute atomic E-state index is 6.07. The predicted octanol–water partition coefficient (Wildman–Crippen LogP) is 8.03. The second-order valence-corrected chi connectivity index (χ2v) is 13.0. The van der Waals surface area contributed by atoms with Crippen molar-refractivity contribution < 1.29 is 24.4 Å². The summed E-state index contributed by atoms with van der Waals surface area (Å²) < 4.78 is 22.2. The molecule has 4 atom stereocenters. The highest BCUT2D eigenvalue weighted by molar-refractivity contribution is 6.30. The van der Waals surface area contributed by atoms with Crippen LogP contribution in [0.3, 0.4) is 0 Å². The van der Waals surface area contributed by atoms with E-state index in [0.717, 1.165) is 58.6 Å². The van der Waals surface area contributed by atoms with E-state index in [1.54, 1.807) is 14.2 Å². The molecule has 0 saturated carbocycles. The van der Waals surface area contributed by atoms with E-state index in [9.17, 15) is 0 Å². The summed E-state index contributed by atoms with van der Waals surface area (Å²) in [6.45, 7) is 7.93. The van der Waals surface area contributed by atoms with E-state index in [4.69, 9.17) is 53.6 Å². The van der Waals surface area contributed by atoms with Crippen LogP contribution < -0.4 is 31.6 Å². The van der Waals surface area contributed by atoms with Crippen molar-refractivity contribution in [2.75, 3.05) is 53.6 Å². The van der Waals surface area contributed by atoms with Gasteiger partial charge in [0.25, 0.3) is 0 Å². The van der Waals surface area contributed by atoms with E-state index in [1.165, 1.54) is 11.1 Å². The lowest BCUT2D eigenvalue weighted by molar-refractivity contribution is 0.0999. The molecule has 4 rings (SSSR count). The number of methoxy groups -OCH3 is 2. The molecule has 4 aromatic rings. The highest BCUT2D eigenvalue weighted by Crippen LogP contribution is 2.22. The van der Waals surface area contributed by atoms with Gasteiger partial charge in [0.1, 0.15) is 24.7 Å². The standard InChI is InChI=1S/2C20H27ClN2O2.4ClH.H2O/c2*1-15(12-16-6-8-19(9-7-16)25-11-10-22)23-14-20(24-2)17-4-3-5-18(21)13-17;;;;;/h2*3-9,13,15,20,23H,10-12,14,22H2,1-2H3;4*1H;1H2. The van der Waals surface area contributed by atoms with Gasteiger partial charge in [-0.1, -0.05) is 71.7 Å². The molecule has 0 aliphatic carbocycles. The third-order valence-electron chi connectivity index (χ3n) is 8.02. The first kappa shape index (κ1) is 57.3. The van der Waals surface area contributed by atoms with Gasteiger partial charge in [-0.25, -0.2) is 0 Å². The highest BCUT2D eigenvalue weighted by Gasteiger charge is 2.14. The van der Waals surface area contributed by atoms with E-state index < -0.39 is 0 Å². The maximum atomic E-state index is 6.07. The summed E-state index contributed by atoms with van der Waals surface area (Å²) >= 11 is 12.1. The van der Waals surface area contributed by atoms with Crippen LogP contribution in [0.1, 0.15) is 48.3 Å². The van der Waals surface area contributed by atoms with E-state index in [-0.39, 0.29) is 67.3 Å². The number of ether oxygens (including phenoxy) is 4. The Bertz CT molecular complexity index is 1400. The van der Waals surface area contributed by atoms with E-state index >= 15 is 0 Å². The molecular formula is C40H60Cl6N4O5. The molecule has 8 N–H and O–H groups in total. The monoisotopic (exact) mass is 886 g/mol. The lowest BCUT2D eigenvalue weighted by Gasteiger charge is -2.20. The lowest BCUT2D eigenvalue weighted by Crippen LogP contribution is -2.32. The van der Waals surface area contributed by atoms with Crippen LogP contribution in [0.25, 0.3) is 0 Å². The first-order chi connectivity index (χ1) is 24.2. The van der Waals surface area contributed by atoms with E-state index in [1.807, 2.05) is 72.8 Å². The fourth-order valence-corrected chi connectivity index (χ4v) is 5.75. The van der Waals surface area contributed by atoms with Gasteiger partial charge in [0.2, 0.25) is 0 Å². The molecule has 55 heavy (non-hydrogen) atoms. The van der Waals surface area contributed by atoms with Crippen LogP contribution in [0.2, 0.25) is 10.0 Å². The number of benzene rings is 4. The summed E-state index contributed by atoms with van der Waals surface area (Å²) in [5, 5.41) is 8.52. The van der Waals surface area contributed by atoms with Crippen molar-refractivity contribution in [3.8, 4) is 11.5 Å². The number of hydrogen-bond donors (Lipinski definition) is 4. The molecule has 0 aromatic heterocycles. The zero-order chi connectivity index (χ0) is 36.1. The average Bonchev–Trinajstić information content (AvgIpc) is 3.12. The molecule has 4 unspecified atom stereocenters. The van der Waals surface area contributed by atoms with Crippen molar-refractivity contribution in [1.82, 2.24) is 10.6 Å². The summed E-state index contributed by atoms with van der Waals surface area (Å²) in [5.74, 6) is 1.71. The van der Waals surface area contributed by atoms with Crippen molar-refractivity contribution in [3.63, 3.8) is 0 Å². The van der Waals surface area contributed by atoms with E-state index in [0.29, 0.717) is 38.4 Å². The summed E-state index contributed by atoms with van der Waals surface area (Å²) in [5.41, 5.74) is 15.6. The Morgan fingerprint density at radius 2 is 0.909 bits per heavy atom. The van der Waals surface area contributed by atoms with Crippen molar-refractivity contribution in [1.29, 1.82) is 0 Å². The Labute approximate surface area is 362 Å². The largest absolute Gasteiger partial charge is 0.492 e. The number of nitrogens with one attached hydrogen (secondary N) is 2. The van der Waals surface area contributed by atoms with Gasteiger partial charge in [-0.05, 0) is 97.5 Å². The number of nitrogens with two attached hydrogens (primary N) is 2. The van der Waals surface area contributed by atoms with Crippen LogP contribution in [0.15, 0.2) is 97.1 Å². The normalized spacial score (nSPS) is 12.2. The molecule has 0 amide bonds. The predicted molar refractivity (Wildman–Crippen MR) is 239 cm³/mol. The highest BCUT2D eigenvalue weighted by atomic mass is 35.5. The van der Waals surface area contributed by atoms with Crippen LogP contribution in [0.5, 0.6) is 11.5 Å². The molecule has 0 saturated heterocycles. The van der Waals surface area contributed by atoms with Crippen LogP contribution in [-0.2, 0) is 22.3 Å². The fraction of sp³-hybridized carbons (Fsp3) is 0.400. The molecule has 4 aromatic carbocycles.